The third-order valence-electron chi connectivity index (χ3n) is 5.44. The molecule has 0 N–H and O–H groups in total. The number of benzene rings is 1. The van der Waals surface area contributed by atoms with Crippen LogP contribution in [-0.4, -0.2) is 86.2 Å². The molecule has 184 valence electrons. The molecule has 1 atom stereocenters. The Balaban J connectivity index is 1.97. The second kappa shape index (κ2) is 10.6. The minimum atomic E-state index is -3.87. The van der Waals surface area contributed by atoms with Crippen molar-refractivity contribution < 1.29 is 27.5 Å². The van der Waals surface area contributed by atoms with Gasteiger partial charge in [-0.05, 0) is 58.6 Å². The number of ether oxygens (including phenoxy) is 1. The van der Waals surface area contributed by atoms with Crippen LogP contribution in [0.25, 0.3) is 0 Å². The highest BCUT2D eigenvalue weighted by Gasteiger charge is 2.30. The smallest absolute Gasteiger partial charge is 0.410 e. The summed E-state index contributed by atoms with van der Waals surface area (Å²) < 4.78 is 32.1. The first-order valence-corrected chi connectivity index (χ1v) is 12.4. The topological polar surface area (TPSA) is 104 Å². The lowest BCUT2D eigenvalue weighted by atomic mass is 9.97. The molecule has 0 aliphatic carbocycles. The van der Waals surface area contributed by atoms with Crippen molar-refractivity contribution in [2.24, 2.45) is 5.92 Å². The first kappa shape index (κ1) is 26.8. The first-order chi connectivity index (χ1) is 15.2. The Labute approximate surface area is 196 Å². The SMILES string of the molecule is CC(=O)c1ccc(S(=O)(=O)N(C)CC(=O)N2CCCC(CN(C)C(=O)OC(C)(C)C)C2)cc1. The van der Waals surface area contributed by atoms with Gasteiger partial charge in [0.05, 0.1) is 11.4 Å². The molecular formula is C23H35N3O6S. The molecular weight excluding hydrogens is 446 g/mol. The summed E-state index contributed by atoms with van der Waals surface area (Å²) in [5.74, 6) is -0.355. The van der Waals surface area contributed by atoms with Crippen molar-refractivity contribution in [3.05, 3.63) is 29.8 Å². The fourth-order valence-corrected chi connectivity index (χ4v) is 4.78. The maximum atomic E-state index is 12.9. The third kappa shape index (κ3) is 7.53. The van der Waals surface area contributed by atoms with Gasteiger partial charge in [0.15, 0.2) is 5.78 Å². The second-order valence-electron chi connectivity index (χ2n) is 9.55. The van der Waals surface area contributed by atoms with Crippen molar-refractivity contribution >= 4 is 27.8 Å². The maximum absolute atomic E-state index is 12.9. The molecule has 9 nitrogen and oxygen atoms in total. The molecule has 0 bridgehead atoms. The normalized spacial score (nSPS) is 17.1. The number of hydrogen-bond donors (Lipinski definition) is 0. The number of amides is 2. The van der Waals surface area contributed by atoms with Crippen LogP contribution in [-0.2, 0) is 19.6 Å². The van der Waals surface area contributed by atoms with Crippen LogP contribution in [0, 0.1) is 5.92 Å². The Kier molecular flexibility index (Phi) is 8.64. The lowest BCUT2D eigenvalue weighted by molar-refractivity contribution is -0.133. The lowest BCUT2D eigenvalue weighted by Gasteiger charge is -2.35. The van der Waals surface area contributed by atoms with E-state index < -0.39 is 21.7 Å². The van der Waals surface area contributed by atoms with Crippen LogP contribution in [0.5, 0.6) is 0 Å². The van der Waals surface area contributed by atoms with Crippen molar-refractivity contribution in [1.29, 1.82) is 0 Å². The van der Waals surface area contributed by atoms with Gasteiger partial charge in [-0.25, -0.2) is 13.2 Å². The molecule has 1 unspecified atom stereocenters. The molecule has 1 aromatic carbocycles. The Morgan fingerprint density at radius 1 is 1.12 bits per heavy atom. The summed E-state index contributed by atoms with van der Waals surface area (Å²) in [6.07, 6.45) is 1.24. The van der Waals surface area contributed by atoms with Gasteiger partial charge in [-0.3, -0.25) is 9.59 Å². The summed E-state index contributed by atoms with van der Waals surface area (Å²) in [5, 5.41) is 0. The zero-order valence-corrected chi connectivity index (χ0v) is 21.1. The van der Waals surface area contributed by atoms with Gasteiger partial charge in [0, 0.05) is 39.3 Å². The summed E-state index contributed by atoms with van der Waals surface area (Å²) in [5.41, 5.74) is -0.161. The molecule has 0 radical (unpaired) electrons. The first-order valence-electron chi connectivity index (χ1n) is 11.0. The van der Waals surface area contributed by atoms with E-state index in [-0.39, 0.29) is 29.0 Å². The van der Waals surface area contributed by atoms with Crippen LogP contribution >= 0.6 is 0 Å². The van der Waals surface area contributed by atoms with Gasteiger partial charge in [-0.2, -0.15) is 4.31 Å². The van der Waals surface area contributed by atoms with Crippen molar-refractivity contribution in [2.75, 3.05) is 40.3 Å². The van der Waals surface area contributed by atoms with E-state index in [4.69, 9.17) is 4.74 Å². The molecule has 1 heterocycles. The fraction of sp³-hybridized carbons (Fsp3) is 0.609. The largest absolute Gasteiger partial charge is 0.444 e. The van der Waals surface area contributed by atoms with E-state index in [1.807, 2.05) is 20.8 Å². The lowest BCUT2D eigenvalue weighted by Crippen LogP contribution is -2.48. The zero-order valence-electron chi connectivity index (χ0n) is 20.3. The monoisotopic (exact) mass is 481 g/mol. The van der Waals surface area contributed by atoms with E-state index in [2.05, 4.69) is 0 Å². The zero-order chi connectivity index (χ0) is 25.0. The van der Waals surface area contributed by atoms with Crippen LogP contribution < -0.4 is 0 Å². The van der Waals surface area contributed by atoms with Gasteiger partial charge >= 0.3 is 6.09 Å². The molecule has 1 aliphatic rings. The summed E-state index contributed by atoms with van der Waals surface area (Å²) in [6.45, 7) is 8.00. The Morgan fingerprint density at radius 2 is 1.73 bits per heavy atom. The van der Waals surface area contributed by atoms with Gasteiger partial charge in [0.1, 0.15) is 5.60 Å². The van der Waals surface area contributed by atoms with Crippen LogP contribution in [0.3, 0.4) is 0 Å². The van der Waals surface area contributed by atoms with Crippen LogP contribution in [0.1, 0.15) is 50.9 Å². The number of carbonyl (C=O) groups is 3. The average molecular weight is 482 g/mol. The summed E-state index contributed by atoms with van der Waals surface area (Å²) in [4.78, 5) is 39.7. The van der Waals surface area contributed by atoms with E-state index in [9.17, 15) is 22.8 Å². The number of hydrogen-bond acceptors (Lipinski definition) is 6. The molecule has 0 aromatic heterocycles. The summed E-state index contributed by atoms with van der Waals surface area (Å²) in [6, 6.07) is 5.66. The Hall–Kier alpha value is -2.46. The number of piperidine rings is 1. The molecule has 0 spiro atoms. The van der Waals surface area contributed by atoms with Crippen LogP contribution in [0.2, 0.25) is 0 Å². The van der Waals surface area contributed by atoms with Crippen molar-refractivity contribution in [2.45, 2.75) is 51.0 Å². The highest BCUT2D eigenvalue weighted by atomic mass is 32.2. The van der Waals surface area contributed by atoms with Gasteiger partial charge in [0.2, 0.25) is 15.9 Å². The Morgan fingerprint density at radius 3 is 2.27 bits per heavy atom. The molecule has 1 aromatic rings. The molecule has 1 saturated heterocycles. The number of Topliss-reactive ketones (excluding diaryl/α,β-unsaturated/α-hetero) is 1. The minimum absolute atomic E-state index is 0.0262. The quantitative estimate of drug-likeness (QED) is 0.555. The fourth-order valence-electron chi connectivity index (χ4n) is 3.66. The molecule has 1 aliphatic heterocycles. The Bertz CT molecular complexity index is 969. The van der Waals surface area contributed by atoms with E-state index in [1.54, 1.807) is 11.9 Å². The maximum Gasteiger partial charge on any atom is 0.410 e. The highest BCUT2D eigenvalue weighted by Crippen LogP contribution is 2.20. The molecule has 0 saturated carbocycles. The molecule has 10 heteroatoms. The number of ketones is 1. The van der Waals surface area contributed by atoms with Crippen molar-refractivity contribution in [1.82, 2.24) is 14.1 Å². The molecule has 1 fully saturated rings. The van der Waals surface area contributed by atoms with E-state index in [0.717, 1.165) is 17.1 Å². The van der Waals surface area contributed by atoms with E-state index in [1.165, 1.54) is 43.1 Å². The summed E-state index contributed by atoms with van der Waals surface area (Å²) >= 11 is 0. The van der Waals surface area contributed by atoms with Gasteiger partial charge < -0.3 is 14.5 Å². The standard InChI is InChI=1S/C23H35N3O6S/c1-17(27)19-9-11-20(12-10-19)33(30,31)25(6)16-21(28)26-13-7-8-18(15-26)14-24(5)22(29)32-23(2,3)4/h9-12,18H,7-8,13-16H2,1-6H3. The number of carbonyl (C=O) groups excluding carboxylic acids is 3. The van der Waals surface area contributed by atoms with Gasteiger partial charge in [-0.15, -0.1) is 0 Å². The molecule has 2 amide bonds. The van der Waals surface area contributed by atoms with Crippen molar-refractivity contribution in [3.8, 4) is 0 Å². The molecule has 2 rings (SSSR count). The van der Waals surface area contributed by atoms with E-state index >= 15 is 0 Å². The number of likely N-dealkylation sites (tertiary alicyclic amines) is 1. The molecule has 33 heavy (non-hydrogen) atoms. The highest BCUT2D eigenvalue weighted by molar-refractivity contribution is 7.89. The summed E-state index contributed by atoms with van der Waals surface area (Å²) in [7, 11) is -0.833. The third-order valence-corrected chi connectivity index (χ3v) is 7.25. The number of rotatable bonds is 7. The predicted octanol–water partition coefficient (Wildman–Crippen LogP) is 2.62. The number of likely N-dealkylation sites (N-methyl/N-ethyl adjacent to an activating group) is 1. The van der Waals surface area contributed by atoms with Crippen LogP contribution in [0.4, 0.5) is 4.79 Å². The second-order valence-corrected chi connectivity index (χ2v) is 11.6. The number of sulfonamides is 1. The van der Waals surface area contributed by atoms with Crippen molar-refractivity contribution in [3.63, 3.8) is 0 Å². The predicted molar refractivity (Wildman–Crippen MR) is 124 cm³/mol. The average Bonchev–Trinajstić information content (AvgIpc) is 2.72. The number of nitrogens with zero attached hydrogens (tertiary/aromatic N) is 3. The van der Waals surface area contributed by atoms with Crippen LogP contribution in [0.15, 0.2) is 29.2 Å². The van der Waals surface area contributed by atoms with Gasteiger partial charge in [0.25, 0.3) is 0 Å². The van der Waals surface area contributed by atoms with Gasteiger partial charge in [-0.1, -0.05) is 12.1 Å². The van der Waals surface area contributed by atoms with E-state index in [0.29, 0.717) is 25.2 Å². The minimum Gasteiger partial charge on any atom is -0.444 e.